The van der Waals surface area contributed by atoms with Gasteiger partial charge in [0.05, 0.1) is 11.8 Å². The highest BCUT2D eigenvalue weighted by Crippen LogP contribution is 2.22. The third kappa shape index (κ3) is 4.08. The van der Waals surface area contributed by atoms with Gasteiger partial charge >= 0.3 is 0 Å². The number of pyridine rings is 1. The fourth-order valence-corrected chi connectivity index (χ4v) is 4.44. The molecule has 4 heterocycles. The summed E-state index contributed by atoms with van der Waals surface area (Å²) < 4.78 is 8.01. The smallest absolute Gasteiger partial charge is 0.274 e. The molecule has 2 aliphatic heterocycles. The van der Waals surface area contributed by atoms with Crippen LogP contribution in [0.2, 0.25) is 0 Å². The molecule has 0 unspecified atom stereocenters. The molecule has 0 spiro atoms. The molecule has 2 aromatic heterocycles. The number of fused-ring (bicyclic) bond motifs is 1. The summed E-state index contributed by atoms with van der Waals surface area (Å²) in [5.74, 6) is 0.0834. The quantitative estimate of drug-likeness (QED) is 0.794. The SMILES string of the molecule is Cc1cccn2c(CN(C)C[C@H]3CCCCO3)c(C(=O)N3CCCCC3)nc12. The van der Waals surface area contributed by atoms with E-state index < -0.39 is 0 Å². The number of hydrogen-bond donors (Lipinski definition) is 0. The highest BCUT2D eigenvalue weighted by atomic mass is 16.5. The Morgan fingerprint density at radius 2 is 2.07 bits per heavy atom. The second-order valence-electron chi connectivity index (χ2n) is 8.33. The molecule has 1 amide bonds. The number of carbonyl (C=O) groups is 1. The molecular weight excluding hydrogens is 352 g/mol. The number of ether oxygens (including phenoxy) is 1. The number of imidazole rings is 1. The first-order valence-electron chi connectivity index (χ1n) is 10.7. The molecule has 6 nitrogen and oxygen atoms in total. The van der Waals surface area contributed by atoms with E-state index in [1.54, 1.807) is 0 Å². The fraction of sp³-hybridized carbons (Fsp3) is 0.636. The van der Waals surface area contributed by atoms with Crippen LogP contribution in [0.25, 0.3) is 5.65 Å². The summed E-state index contributed by atoms with van der Waals surface area (Å²) in [6, 6.07) is 4.09. The Hall–Kier alpha value is -1.92. The van der Waals surface area contributed by atoms with E-state index in [9.17, 15) is 4.79 Å². The van der Waals surface area contributed by atoms with Crippen LogP contribution in [0, 0.1) is 6.92 Å². The summed E-state index contributed by atoms with van der Waals surface area (Å²) in [4.78, 5) is 22.3. The van der Waals surface area contributed by atoms with Crippen molar-refractivity contribution in [2.45, 2.75) is 58.1 Å². The van der Waals surface area contributed by atoms with Crippen molar-refractivity contribution in [3.8, 4) is 0 Å². The summed E-state index contributed by atoms with van der Waals surface area (Å²) in [5, 5.41) is 0. The standard InChI is InChI=1S/C22H32N4O2/c1-17-9-8-13-26-19(16-24(2)15-18-10-4-7-14-28-18)20(23-21(17)26)22(27)25-11-5-3-6-12-25/h8-9,13,18H,3-7,10-12,14-16H2,1-2H3/t18-/m1/s1. The number of likely N-dealkylation sites (N-methyl/N-ethyl adjacent to an activating group) is 1. The van der Waals surface area contributed by atoms with E-state index in [2.05, 4.69) is 29.3 Å². The van der Waals surface area contributed by atoms with Crippen LogP contribution >= 0.6 is 0 Å². The van der Waals surface area contributed by atoms with Gasteiger partial charge in [-0.2, -0.15) is 0 Å². The molecule has 0 saturated carbocycles. The molecule has 2 saturated heterocycles. The van der Waals surface area contributed by atoms with Gasteiger partial charge < -0.3 is 14.0 Å². The monoisotopic (exact) mass is 384 g/mol. The second kappa shape index (κ2) is 8.62. The normalized spacial score (nSPS) is 20.8. The van der Waals surface area contributed by atoms with Gasteiger partial charge in [-0.15, -0.1) is 0 Å². The summed E-state index contributed by atoms with van der Waals surface area (Å²) >= 11 is 0. The number of piperidine rings is 1. The number of hydrogen-bond acceptors (Lipinski definition) is 4. The zero-order valence-electron chi connectivity index (χ0n) is 17.2. The molecule has 1 atom stereocenters. The lowest BCUT2D eigenvalue weighted by Crippen LogP contribution is -2.37. The number of aryl methyl sites for hydroxylation is 1. The van der Waals surface area contributed by atoms with Crippen LogP contribution < -0.4 is 0 Å². The van der Waals surface area contributed by atoms with Gasteiger partial charge in [0.2, 0.25) is 0 Å². The van der Waals surface area contributed by atoms with Crippen molar-refractivity contribution >= 4 is 11.6 Å². The average Bonchev–Trinajstić information content (AvgIpc) is 3.08. The van der Waals surface area contributed by atoms with Crippen molar-refractivity contribution in [2.75, 3.05) is 33.3 Å². The van der Waals surface area contributed by atoms with E-state index in [4.69, 9.17) is 9.72 Å². The van der Waals surface area contributed by atoms with Crippen LogP contribution in [0.4, 0.5) is 0 Å². The van der Waals surface area contributed by atoms with Crippen molar-refractivity contribution in [3.05, 3.63) is 35.3 Å². The fourth-order valence-electron chi connectivity index (χ4n) is 4.44. The predicted octanol–water partition coefficient (Wildman–Crippen LogP) is 3.27. The van der Waals surface area contributed by atoms with E-state index in [1.165, 1.54) is 19.3 Å². The molecule has 28 heavy (non-hydrogen) atoms. The van der Waals surface area contributed by atoms with Crippen LogP contribution in [0.1, 0.15) is 60.3 Å². The highest BCUT2D eigenvalue weighted by molar-refractivity contribution is 5.94. The van der Waals surface area contributed by atoms with Crippen LogP contribution in [-0.2, 0) is 11.3 Å². The van der Waals surface area contributed by atoms with Crippen LogP contribution in [-0.4, -0.2) is 64.5 Å². The molecule has 4 rings (SSSR count). The van der Waals surface area contributed by atoms with Gasteiger partial charge in [0.1, 0.15) is 5.65 Å². The Morgan fingerprint density at radius 1 is 1.25 bits per heavy atom. The average molecular weight is 385 g/mol. The lowest BCUT2D eigenvalue weighted by atomic mass is 10.1. The van der Waals surface area contributed by atoms with Gasteiger partial charge in [-0.25, -0.2) is 4.98 Å². The molecule has 6 heteroatoms. The topological polar surface area (TPSA) is 50.1 Å². The zero-order valence-corrected chi connectivity index (χ0v) is 17.2. The third-order valence-corrected chi connectivity index (χ3v) is 6.00. The molecule has 152 valence electrons. The number of aromatic nitrogens is 2. The Morgan fingerprint density at radius 3 is 2.82 bits per heavy atom. The molecule has 0 N–H and O–H groups in total. The van der Waals surface area contributed by atoms with Crippen LogP contribution in [0.15, 0.2) is 18.3 Å². The summed E-state index contributed by atoms with van der Waals surface area (Å²) in [7, 11) is 2.11. The van der Waals surface area contributed by atoms with Gasteiger partial charge in [-0.05, 0) is 64.1 Å². The minimum atomic E-state index is 0.0834. The number of rotatable bonds is 5. The lowest BCUT2D eigenvalue weighted by molar-refractivity contribution is -0.00281. The van der Waals surface area contributed by atoms with Crippen LogP contribution in [0.5, 0.6) is 0 Å². The largest absolute Gasteiger partial charge is 0.377 e. The first-order chi connectivity index (χ1) is 13.6. The minimum Gasteiger partial charge on any atom is -0.377 e. The molecular formula is C22H32N4O2. The maximum atomic E-state index is 13.3. The molecule has 2 aromatic rings. The molecule has 0 aromatic carbocycles. The maximum Gasteiger partial charge on any atom is 0.274 e. The minimum absolute atomic E-state index is 0.0834. The van der Waals surface area contributed by atoms with Crippen molar-refractivity contribution in [1.82, 2.24) is 19.2 Å². The van der Waals surface area contributed by atoms with Crippen molar-refractivity contribution in [2.24, 2.45) is 0 Å². The van der Waals surface area contributed by atoms with E-state index in [0.717, 1.165) is 62.4 Å². The Bertz CT molecular complexity index is 819. The van der Waals surface area contributed by atoms with Gasteiger partial charge in [-0.3, -0.25) is 9.69 Å². The zero-order chi connectivity index (χ0) is 19.5. The third-order valence-electron chi connectivity index (χ3n) is 6.00. The van der Waals surface area contributed by atoms with Crippen molar-refractivity contribution < 1.29 is 9.53 Å². The van der Waals surface area contributed by atoms with Crippen molar-refractivity contribution in [3.63, 3.8) is 0 Å². The molecule has 0 bridgehead atoms. The summed E-state index contributed by atoms with van der Waals surface area (Å²) in [6.45, 7) is 6.19. The lowest BCUT2D eigenvalue weighted by Gasteiger charge is -2.28. The molecule has 2 aliphatic rings. The van der Waals surface area contributed by atoms with E-state index in [0.29, 0.717) is 18.3 Å². The number of nitrogens with zero attached hydrogens (tertiary/aromatic N) is 4. The van der Waals surface area contributed by atoms with E-state index in [-0.39, 0.29) is 5.91 Å². The summed E-state index contributed by atoms with van der Waals surface area (Å²) in [6.07, 6.45) is 9.25. The van der Waals surface area contributed by atoms with Gasteiger partial charge in [-0.1, -0.05) is 6.07 Å². The number of likely N-dealkylation sites (tertiary alicyclic amines) is 1. The first-order valence-corrected chi connectivity index (χ1v) is 10.7. The Balaban J connectivity index is 1.61. The molecule has 0 aliphatic carbocycles. The van der Waals surface area contributed by atoms with Gasteiger partial charge in [0, 0.05) is 39.0 Å². The molecule has 0 radical (unpaired) electrons. The Labute approximate surface area is 167 Å². The van der Waals surface area contributed by atoms with Gasteiger partial charge in [0.25, 0.3) is 5.91 Å². The van der Waals surface area contributed by atoms with Crippen LogP contribution in [0.3, 0.4) is 0 Å². The highest BCUT2D eigenvalue weighted by Gasteiger charge is 2.26. The van der Waals surface area contributed by atoms with Gasteiger partial charge in [0.15, 0.2) is 5.69 Å². The number of amides is 1. The van der Waals surface area contributed by atoms with E-state index in [1.807, 2.05) is 17.2 Å². The second-order valence-corrected chi connectivity index (χ2v) is 8.33. The summed E-state index contributed by atoms with van der Waals surface area (Å²) in [5.41, 5.74) is 3.60. The maximum absolute atomic E-state index is 13.3. The predicted molar refractivity (Wildman–Crippen MR) is 110 cm³/mol. The van der Waals surface area contributed by atoms with Crippen molar-refractivity contribution in [1.29, 1.82) is 0 Å². The Kier molecular flexibility index (Phi) is 5.97. The first kappa shape index (κ1) is 19.4. The number of carbonyl (C=O) groups excluding carboxylic acids is 1. The molecule has 2 fully saturated rings. The van der Waals surface area contributed by atoms with E-state index >= 15 is 0 Å².